The molecule has 0 bridgehead atoms. The molecule has 1 aliphatic rings. The van der Waals surface area contributed by atoms with Crippen molar-refractivity contribution in [2.75, 3.05) is 17.7 Å². The second-order valence-corrected chi connectivity index (χ2v) is 4.71. The van der Waals surface area contributed by atoms with Gasteiger partial charge in [-0.05, 0) is 6.07 Å². The van der Waals surface area contributed by atoms with Gasteiger partial charge in [-0.2, -0.15) is 4.98 Å². The summed E-state index contributed by atoms with van der Waals surface area (Å²) in [7, 11) is 0. The third-order valence-corrected chi connectivity index (χ3v) is 3.32. The summed E-state index contributed by atoms with van der Waals surface area (Å²) in [4.78, 5) is 17.8. The largest absolute Gasteiger partial charge is 0.490 e. The van der Waals surface area contributed by atoms with Crippen molar-refractivity contribution in [1.29, 1.82) is 0 Å². The Balaban J connectivity index is 1.88. The van der Waals surface area contributed by atoms with Gasteiger partial charge < -0.3 is 15.8 Å². The molecule has 1 atom stereocenters. The lowest BCUT2D eigenvalue weighted by Crippen LogP contribution is -2.22. The van der Waals surface area contributed by atoms with Crippen LogP contribution in [0.3, 0.4) is 0 Å². The molecule has 9 heteroatoms. The number of aromatic nitrogens is 2. The molecule has 2 aromatic rings. The molecule has 114 valence electrons. The Morgan fingerprint density at radius 1 is 1.50 bits per heavy atom. The van der Waals surface area contributed by atoms with E-state index in [4.69, 9.17) is 10.5 Å². The third kappa shape index (κ3) is 2.48. The minimum Gasteiger partial charge on any atom is -0.490 e. The van der Waals surface area contributed by atoms with E-state index in [0.717, 1.165) is 6.20 Å². The number of nitrogens with zero attached hydrogens (tertiary/aromatic N) is 3. The standard InChI is InChI=1S/C13H12FN5O3/c14-8-3-1-2-7-9(4-5-22-11(7)8)17-13-16-6-10(19(20)21)12(15)18-13/h1-3,6,9H,4-5H2,(H3,15,16,17,18)/t9-/m0/s1. The lowest BCUT2D eigenvalue weighted by Gasteiger charge is -2.26. The lowest BCUT2D eigenvalue weighted by molar-refractivity contribution is -0.384. The van der Waals surface area contributed by atoms with Crippen LogP contribution in [0.4, 0.5) is 21.8 Å². The summed E-state index contributed by atoms with van der Waals surface area (Å²) in [6.07, 6.45) is 1.62. The average Bonchev–Trinajstić information content (AvgIpc) is 2.48. The van der Waals surface area contributed by atoms with Gasteiger partial charge in [0.1, 0.15) is 6.20 Å². The highest BCUT2D eigenvalue weighted by molar-refractivity contribution is 5.54. The Labute approximate surface area is 124 Å². The van der Waals surface area contributed by atoms with Gasteiger partial charge in [0.05, 0.1) is 17.6 Å². The van der Waals surface area contributed by atoms with Crippen LogP contribution in [-0.2, 0) is 0 Å². The number of anilines is 2. The minimum absolute atomic E-state index is 0.144. The zero-order valence-corrected chi connectivity index (χ0v) is 11.3. The summed E-state index contributed by atoms with van der Waals surface area (Å²) in [6.45, 7) is 0.341. The molecule has 0 saturated heterocycles. The molecule has 0 radical (unpaired) electrons. The van der Waals surface area contributed by atoms with Gasteiger partial charge in [-0.3, -0.25) is 10.1 Å². The van der Waals surface area contributed by atoms with Crippen molar-refractivity contribution < 1.29 is 14.1 Å². The highest BCUT2D eigenvalue weighted by atomic mass is 19.1. The van der Waals surface area contributed by atoms with E-state index in [0.29, 0.717) is 18.6 Å². The smallest absolute Gasteiger partial charge is 0.329 e. The minimum atomic E-state index is -0.655. The van der Waals surface area contributed by atoms with Crippen molar-refractivity contribution in [3.8, 4) is 5.75 Å². The molecule has 0 fully saturated rings. The van der Waals surface area contributed by atoms with Gasteiger partial charge in [0, 0.05) is 12.0 Å². The highest BCUT2D eigenvalue weighted by Crippen LogP contribution is 2.35. The maximum Gasteiger partial charge on any atom is 0.329 e. The van der Waals surface area contributed by atoms with Gasteiger partial charge in [0.15, 0.2) is 11.6 Å². The lowest BCUT2D eigenvalue weighted by atomic mass is 10.0. The van der Waals surface area contributed by atoms with Crippen LogP contribution in [0.1, 0.15) is 18.0 Å². The van der Waals surface area contributed by atoms with E-state index in [1.54, 1.807) is 12.1 Å². The van der Waals surface area contributed by atoms with Crippen molar-refractivity contribution in [2.24, 2.45) is 0 Å². The van der Waals surface area contributed by atoms with E-state index in [9.17, 15) is 14.5 Å². The van der Waals surface area contributed by atoms with Gasteiger partial charge in [-0.25, -0.2) is 9.37 Å². The van der Waals surface area contributed by atoms with Crippen molar-refractivity contribution in [1.82, 2.24) is 9.97 Å². The fraction of sp³-hybridized carbons (Fsp3) is 0.231. The SMILES string of the molecule is Nc1nc(N[C@H]2CCOc3c(F)cccc32)ncc1[N+](=O)[O-]. The molecular weight excluding hydrogens is 293 g/mol. The number of benzene rings is 1. The molecule has 2 heterocycles. The summed E-state index contributed by atoms with van der Waals surface area (Å²) in [5.74, 6) is -0.325. The van der Waals surface area contributed by atoms with Crippen LogP contribution in [0.15, 0.2) is 24.4 Å². The molecule has 0 spiro atoms. The van der Waals surface area contributed by atoms with E-state index >= 15 is 0 Å². The van der Waals surface area contributed by atoms with Crippen LogP contribution >= 0.6 is 0 Å². The molecule has 3 N–H and O–H groups in total. The summed E-state index contributed by atoms with van der Waals surface area (Å²) in [5.41, 5.74) is 5.82. The number of nitro groups is 1. The number of fused-ring (bicyclic) bond motifs is 1. The fourth-order valence-corrected chi connectivity index (χ4v) is 2.29. The van der Waals surface area contributed by atoms with Crippen molar-refractivity contribution in [3.63, 3.8) is 0 Å². The molecule has 0 aliphatic carbocycles. The van der Waals surface area contributed by atoms with E-state index in [1.807, 2.05) is 0 Å². The predicted molar refractivity (Wildman–Crippen MR) is 76.0 cm³/mol. The Morgan fingerprint density at radius 3 is 3.05 bits per heavy atom. The number of nitrogen functional groups attached to an aromatic ring is 1. The van der Waals surface area contributed by atoms with Crippen LogP contribution in [0, 0.1) is 15.9 Å². The van der Waals surface area contributed by atoms with Crippen LogP contribution in [0.25, 0.3) is 0 Å². The first kappa shape index (κ1) is 14.0. The molecule has 8 nitrogen and oxygen atoms in total. The van der Waals surface area contributed by atoms with E-state index in [2.05, 4.69) is 15.3 Å². The summed E-state index contributed by atoms with van der Waals surface area (Å²) in [5, 5.41) is 13.7. The highest BCUT2D eigenvalue weighted by Gasteiger charge is 2.25. The second kappa shape index (κ2) is 5.43. The Kier molecular flexibility index (Phi) is 3.45. The van der Waals surface area contributed by atoms with Gasteiger partial charge in [0.2, 0.25) is 11.8 Å². The maximum atomic E-state index is 13.7. The number of nitrogens with one attached hydrogen (secondary N) is 1. The normalized spacial score (nSPS) is 16.5. The van der Waals surface area contributed by atoms with Gasteiger partial charge >= 0.3 is 5.69 Å². The fourth-order valence-electron chi connectivity index (χ4n) is 2.29. The van der Waals surface area contributed by atoms with Crippen LogP contribution in [0.2, 0.25) is 0 Å². The van der Waals surface area contributed by atoms with Crippen LogP contribution in [0.5, 0.6) is 5.75 Å². The molecule has 0 amide bonds. The molecule has 1 aliphatic heterocycles. The van der Waals surface area contributed by atoms with E-state index in [1.165, 1.54) is 6.07 Å². The number of para-hydroxylation sites is 1. The topological polar surface area (TPSA) is 116 Å². The second-order valence-electron chi connectivity index (χ2n) is 4.71. The van der Waals surface area contributed by atoms with E-state index < -0.39 is 10.7 Å². The van der Waals surface area contributed by atoms with E-state index in [-0.39, 0.29) is 29.2 Å². The summed E-state index contributed by atoms with van der Waals surface area (Å²) in [6, 6.07) is 4.38. The number of ether oxygens (including phenoxy) is 1. The Morgan fingerprint density at radius 2 is 2.32 bits per heavy atom. The molecule has 0 saturated carbocycles. The third-order valence-electron chi connectivity index (χ3n) is 3.32. The molecule has 22 heavy (non-hydrogen) atoms. The molecule has 1 aromatic carbocycles. The van der Waals surface area contributed by atoms with Gasteiger partial charge in [0.25, 0.3) is 0 Å². The first-order valence-corrected chi connectivity index (χ1v) is 6.51. The summed E-state index contributed by atoms with van der Waals surface area (Å²) < 4.78 is 19.0. The number of hydrogen-bond acceptors (Lipinski definition) is 7. The Hall–Kier alpha value is -2.97. The van der Waals surface area contributed by atoms with Gasteiger partial charge in [-0.15, -0.1) is 0 Å². The molecule has 0 unspecified atom stereocenters. The molecule has 3 rings (SSSR count). The molecular formula is C13H12FN5O3. The average molecular weight is 305 g/mol. The predicted octanol–water partition coefficient (Wildman–Crippen LogP) is 2.04. The number of nitrogens with two attached hydrogens (primary N) is 1. The first-order valence-electron chi connectivity index (χ1n) is 6.51. The number of rotatable bonds is 3. The zero-order chi connectivity index (χ0) is 15.7. The Bertz CT molecular complexity index is 740. The van der Waals surface area contributed by atoms with Gasteiger partial charge in [-0.1, -0.05) is 12.1 Å². The molecule has 1 aromatic heterocycles. The van der Waals surface area contributed by atoms with Crippen molar-refractivity contribution in [3.05, 3.63) is 45.9 Å². The number of halogens is 1. The van der Waals surface area contributed by atoms with Crippen molar-refractivity contribution in [2.45, 2.75) is 12.5 Å². The first-order chi connectivity index (χ1) is 10.6. The van der Waals surface area contributed by atoms with Crippen molar-refractivity contribution >= 4 is 17.5 Å². The maximum absolute atomic E-state index is 13.7. The summed E-state index contributed by atoms with van der Waals surface area (Å²) >= 11 is 0. The van der Waals surface area contributed by atoms with Crippen LogP contribution in [-0.4, -0.2) is 21.5 Å². The number of hydrogen-bond donors (Lipinski definition) is 2. The monoisotopic (exact) mass is 305 g/mol. The zero-order valence-electron chi connectivity index (χ0n) is 11.3. The quantitative estimate of drug-likeness (QED) is 0.658. The van der Waals surface area contributed by atoms with Crippen LogP contribution < -0.4 is 15.8 Å².